The van der Waals surface area contributed by atoms with Gasteiger partial charge in [-0.2, -0.15) is 0 Å². The van der Waals surface area contributed by atoms with E-state index >= 15 is 0 Å². The van der Waals surface area contributed by atoms with E-state index in [1.807, 2.05) is 29.1 Å². The maximum atomic E-state index is 11.8. The van der Waals surface area contributed by atoms with Crippen LogP contribution in [0.15, 0.2) is 36.5 Å². The van der Waals surface area contributed by atoms with Crippen LogP contribution in [0.4, 0.5) is 0 Å². The predicted molar refractivity (Wildman–Crippen MR) is 130 cm³/mol. The SMILES string of the molecule is CCCCCCCCn1cc(-c2c(/C=C/C(=O)OCC)cccc2/C=C/C(=O)OCC)nn1. The van der Waals surface area contributed by atoms with Crippen LogP contribution in [0, 0.1) is 0 Å². The Labute approximate surface area is 196 Å². The van der Waals surface area contributed by atoms with E-state index in [2.05, 4.69) is 17.2 Å². The quantitative estimate of drug-likeness (QED) is 0.215. The number of benzene rings is 1. The molecule has 0 bridgehead atoms. The smallest absolute Gasteiger partial charge is 0.330 e. The molecule has 178 valence electrons. The van der Waals surface area contributed by atoms with Crippen molar-refractivity contribution >= 4 is 24.1 Å². The Bertz CT molecular complexity index is 901. The minimum atomic E-state index is -0.414. The molecule has 0 spiro atoms. The molecule has 1 aromatic carbocycles. The summed E-state index contributed by atoms with van der Waals surface area (Å²) < 4.78 is 11.8. The number of carbonyl (C=O) groups is 2. The molecule has 2 aromatic rings. The summed E-state index contributed by atoms with van der Waals surface area (Å²) in [7, 11) is 0. The zero-order valence-corrected chi connectivity index (χ0v) is 20.0. The van der Waals surface area contributed by atoms with E-state index in [9.17, 15) is 9.59 Å². The van der Waals surface area contributed by atoms with Gasteiger partial charge in [-0.1, -0.05) is 62.4 Å². The monoisotopic (exact) mass is 453 g/mol. The van der Waals surface area contributed by atoms with Crippen molar-refractivity contribution in [3.8, 4) is 11.3 Å². The lowest BCUT2D eigenvalue weighted by molar-refractivity contribution is -0.138. The van der Waals surface area contributed by atoms with Crippen LogP contribution in [0.2, 0.25) is 0 Å². The molecule has 0 unspecified atom stereocenters. The maximum absolute atomic E-state index is 11.8. The second-order valence-electron chi connectivity index (χ2n) is 7.62. The molecular weight excluding hydrogens is 418 g/mol. The first-order valence-electron chi connectivity index (χ1n) is 11.8. The molecule has 0 aliphatic rings. The molecule has 0 aliphatic carbocycles. The van der Waals surface area contributed by atoms with Crippen molar-refractivity contribution in [2.75, 3.05) is 13.2 Å². The van der Waals surface area contributed by atoms with Gasteiger partial charge in [0.25, 0.3) is 0 Å². The average Bonchev–Trinajstić information content (AvgIpc) is 3.27. The summed E-state index contributed by atoms with van der Waals surface area (Å²) in [5.74, 6) is -0.828. The Kier molecular flexibility index (Phi) is 11.7. The molecule has 1 heterocycles. The van der Waals surface area contributed by atoms with Gasteiger partial charge >= 0.3 is 11.9 Å². The van der Waals surface area contributed by atoms with Crippen LogP contribution < -0.4 is 0 Å². The number of carbonyl (C=O) groups excluding carboxylic acids is 2. The third-order valence-corrected chi connectivity index (χ3v) is 5.04. The summed E-state index contributed by atoms with van der Waals surface area (Å²) >= 11 is 0. The van der Waals surface area contributed by atoms with E-state index < -0.39 is 11.9 Å². The Morgan fingerprint density at radius 2 is 1.45 bits per heavy atom. The number of aryl methyl sites for hydroxylation is 1. The molecule has 0 N–H and O–H groups in total. The van der Waals surface area contributed by atoms with E-state index in [0.29, 0.717) is 18.9 Å². The first-order valence-corrected chi connectivity index (χ1v) is 11.8. The van der Waals surface area contributed by atoms with Gasteiger partial charge in [-0.05, 0) is 43.5 Å². The molecule has 0 amide bonds. The van der Waals surface area contributed by atoms with E-state index in [4.69, 9.17) is 9.47 Å². The number of hydrogen-bond acceptors (Lipinski definition) is 6. The van der Waals surface area contributed by atoms with Crippen molar-refractivity contribution < 1.29 is 19.1 Å². The molecule has 0 saturated carbocycles. The second kappa shape index (κ2) is 14.8. The highest BCUT2D eigenvalue weighted by Crippen LogP contribution is 2.28. The van der Waals surface area contributed by atoms with Gasteiger partial charge in [-0.25, -0.2) is 9.59 Å². The van der Waals surface area contributed by atoms with E-state index in [-0.39, 0.29) is 0 Å². The first-order chi connectivity index (χ1) is 16.1. The molecule has 2 rings (SSSR count). The van der Waals surface area contributed by atoms with E-state index in [0.717, 1.165) is 29.7 Å². The molecule has 7 nitrogen and oxygen atoms in total. The fraction of sp³-hybridized carbons (Fsp3) is 0.462. The van der Waals surface area contributed by atoms with Crippen LogP contribution in [0.3, 0.4) is 0 Å². The van der Waals surface area contributed by atoms with Crippen LogP contribution >= 0.6 is 0 Å². The molecule has 0 fully saturated rings. The number of unbranched alkanes of at least 4 members (excludes halogenated alkanes) is 5. The van der Waals surface area contributed by atoms with Crippen molar-refractivity contribution in [1.82, 2.24) is 15.0 Å². The van der Waals surface area contributed by atoms with Crippen molar-refractivity contribution in [1.29, 1.82) is 0 Å². The molecule has 0 saturated heterocycles. The van der Waals surface area contributed by atoms with Crippen LogP contribution in [0.5, 0.6) is 0 Å². The lowest BCUT2D eigenvalue weighted by atomic mass is 9.97. The van der Waals surface area contributed by atoms with E-state index in [1.54, 1.807) is 26.0 Å². The maximum Gasteiger partial charge on any atom is 0.330 e. The summed E-state index contributed by atoms with van der Waals surface area (Å²) in [4.78, 5) is 23.7. The van der Waals surface area contributed by atoms with E-state index in [1.165, 1.54) is 44.3 Å². The number of aromatic nitrogens is 3. The molecule has 0 radical (unpaired) electrons. The largest absolute Gasteiger partial charge is 0.463 e. The summed E-state index contributed by atoms with van der Waals surface area (Å²) in [6, 6.07) is 5.64. The highest BCUT2D eigenvalue weighted by molar-refractivity contribution is 5.92. The van der Waals surface area contributed by atoms with Crippen LogP contribution in [-0.4, -0.2) is 40.1 Å². The number of nitrogens with zero attached hydrogens (tertiary/aromatic N) is 3. The lowest BCUT2D eigenvalue weighted by Crippen LogP contribution is -2.00. The number of ether oxygens (including phenoxy) is 2. The fourth-order valence-electron chi connectivity index (χ4n) is 3.44. The molecule has 1 aromatic heterocycles. The number of rotatable bonds is 14. The summed E-state index contributed by atoms with van der Waals surface area (Å²) in [5, 5.41) is 8.67. The number of esters is 2. The minimum Gasteiger partial charge on any atom is -0.463 e. The molecule has 0 aliphatic heterocycles. The topological polar surface area (TPSA) is 83.3 Å². The second-order valence-corrected chi connectivity index (χ2v) is 7.62. The Morgan fingerprint density at radius 3 is 2.03 bits per heavy atom. The normalized spacial score (nSPS) is 11.4. The lowest BCUT2D eigenvalue weighted by Gasteiger charge is -2.08. The highest BCUT2D eigenvalue weighted by Gasteiger charge is 2.13. The molecule has 0 atom stereocenters. The molecular formula is C26H35N3O4. The van der Waals surface area contributed by atoms with Crippen LogP contribution in [-0.2, 0) is 25.6 Å². The van der Waals surface area contributed by atoms with Gasteiger partial charge in [-0.15, -0.1) is 5.10 Å². The summed E-state index contributed by atoms with van der Waals surface area (Å²) in [6.45, 7) is 7.16. The van der Waals surface area contributed by atoms with Gasteiger partial charge in [0, 0.05) is 24.3 Å². The van der Waals surface area contributed by atoms with Crippen LogP contribution in [0.25, 0.3) is 23.4 Å². The first kappa shape index (κ1) is 26.0. The third kappa shape index (κ3) is 9.04. The molecule has 7 heteroatoms. The zero-order chi connectivity index (χ0) is 23.9. The molecule has 33 heavy (non-hydrogen) atoms. The Balaban J connectivity index is 2.27. The van der Waals surface area contributed by atoms with Gasteiger partial charge in [-0.3, -0.25) is 4.68 Å². The van der Waals surface area contributed by atoms with Crippen molar-refractivity contribution in [2.45, 2.75) is 65.8 Å². The van der Waals surface area contributed by atoms with Crippen molar-refractivity contribution in [3.63, 3.8) is 0 Å². The van der Waals surface area contributed by atoms with Gasteiger partial charge in [0.15, 0.2) is 0 Å². The van der Waals surface area contributed by atoms with Gasteiger partial charge in [0.1, 0.15) is 5.69 Å². The van der Waals surface area contributed by atoms with Crippen molar-refractivity contribution in [2.24, 2.45) is 0 Å². The average molecular weight is 454 g/mol. The van der Waals surface area contributed by atoms with Crippen molar-refractivity contribution in [3.05, 3.63) is 47.7 Å². The van der Waals surface area contributed by atoms with Gasteiger partial charge in [0.05, 0.1) is 19.4 Å². The fourth-order valence-corrected chi connectivity index (χ4v) is 3.44. The van der Waals surface area contributed by atoms with Gasteiger partial charge < -0.3 is 9.47 Å². The Morgan fingerprint density at radius 1 is 0.879 bits per heavy atom. The Hall–Kier alpha value is -3.22. The summed E-state index contributed by atoms with van der Waals surface area (Å²) in [5.41, 5.74) is 3.02. The predicted octanol–water partition coefficient (Wildman–Crippen LogP) is 5.46. The van der Waals surface area contributed by atoms with Gasteiger partial charge in [0.2, 0.25) is 0 Å². The van der Waals surface area contributed by atoms with Crippen LogP contribution in [0.1, 0.15) is 70.4 Å². The summed E-state index contributed by atoms with van der Waals surface area (Å²) in [6.07, 6.45) is 15.3. The zero-order valence-electron chi connectivity index (χ0n) is 20.0. The highest BCUT2D eigenvalue weighted by atomic mass is 16.5. The standard InChI is InChI=1S/C26H35N3O4/c1-4-7-8-9-10-11-19-29-20-23(27-28-29)26-21(15-17-24(30)32-5-2)13-12-14-22(26)16-18-25(31)33-6-3/h12-18,20H,4-11,19H2,1-3H3/b17-15+,18-16+. The minimum absolute atomic E-state index is 0.311. The third-order valence-electron chi connectivity index (χ3n) is 5.04. The number of hydrogen-bond donors (Lipinski definition) is 0.